The lowest BCUT2D eigenvalue weighted by molar-refractivity contribution is 0.0683. The predicted octanol–water partition coefficient (Wildman–Crippen LogP) is 2.40. The number of carbonyl (C=O) groups is 1. The number of hydrogen-bond acceptors (Lipinski definition) is 3. The van der Waals surface area contributed by atoms with Crippen molar-refractivity contribution >= 4 is 5.97 Å². The maximum absolute atomic E-state index is 10.8. The van der Waals surface area contributed by atoms with E-state index in [1.807, 2.05) is 24.3 Å². The molecule has 0 bridgehead atoms. The van der Waals surface area contributed by atoms with Gasteiger partial charge < -0.3 is 5.11 Å². The number of rotatable bonds is 3. The number of hydrogen-bond donors (Lipinski definition) is 1. The second kappa shape index (κ2) is 4.74. The minimum absolute atomic E-state index is 0.179. The Labute approximate surface area is 99.0 Å². The van der Waals surface area contributed by atoms with Crippen molar-refractivity contribution in [2.24, 2.45) is 0 Å². The third kappa shape index (κ3) is 2.47. The average molecular weight is 228 g/mol. The second-order valence-electron chi connectivity index (χ2n) is 3.62. The van der Waals surface area contributed by atoms with Gasteiger partial charge in [-0.15, -0.1) is 0 Å². The van der Waals surface area contributed by atoms with Crippen LogP contribution in [0, 0.1) is 0 Å². The number of carboxylic acids is 1. The first-order chi connectivity index (χ1) is 8.20. The van der Waals surface area contributed by atoms with Crippen molar-refractivity contribution in [3.63, 3.8) is 0 Å². The molecule has 4 nitrogen and oxygen atoms in total. The van der Waals surface area contributed by atoms with Crippen LogP contribution in [0.5, 0.6) is 0 Å². The van der Waals surface area contributed by atoms with E-state index in [-0.39, 0.29) is 5.82 Å². The standard InChI is InChI=1S/C13H12N2O2/c1-2-9-3-5-10(6-4-9)11-7-8-14-12(15-11)13(16)17/h3-8H,2H2,1H3,(H,16,17). The van der Waals surface area contributed by atoms with Gasteiger partial charge in [-0.05, 0) is 18.1 Å². The molecule has 17 heavy (non-hydrogen) atoms. The van der Waals surface area contributed by atoms with E-state index in [4.69, 9.17) is 5.11 Å². The molecule has 86 valence electrons. The normalized spacial score (nSPS) is 10.2. The van der Waals surface area contributed by atoms with Gasteiger partial charge in [0.05, 0.1) is 5.69 Å². The molecule has 0 unspecified atom stereocenters. The maximum atomic E-state index is 10.8. The molecular formula is C13H12N2O2. The summed E-state index contributed by atoms with van der Waals surface area (Å²) in [6.07, 6.45) is 2.43. The molecule has 1 heterocycles. The van der Waals surface area contributed by atoms with Gasteiger partial charge in [0.1, 0.15) is 0 Å². The zero-order valence-electron chi connectivity index (χ0n) is 9.42. The maximum Gasteiger partial charge on any atom is 0.373 e. The van der Waals surface area contributed by atoms with E-state index in [0.29, 0.717) is 5.69 Å². The van der Waals surface area contributed by atoms with Gasteiger partial charge >= 0.3 is 5.97 Å². The summed E-state index contributed by atoms with van der Waals surface area (Å²) in [5.41, 5.74) is 2.76. The summed E-state index contributed by atoms with van der Waals surface area (Å²) in [7, 11) is 0. The van der Waals surface area contributed by atoms with Crippen LogP contribution in [-0.2, 0) is 6.42 Å². The van der Waals surface area contributed by atoms with E-state index in [0.717, 1.165) is 12.0 Å². The summed E-state index contributed by atoms with van der Waals surface area (Å²) >= 11 is 0. The monoisotopic (exact) mass is 228 g/mol. The zero-order chi connectivity index (χ0) is 12.3. The summed E-state index contributed by atoms with van der Waals surface area (Å²) in [5, 5.41) is 8.81. The topological polar surface area (TPSA) is 63.1 Å². The molecule has 2 aromatic rings. The highest BCUT2D eigenvalue weighted by atomic mass is 16.4. The van der Waals surface area contributed by atoms with E-state index in [9.17, 15) is 4.79 Å². The van der Waals surface area contributed by atoms with Gasteiger partial charge in [-0.2, -0.15) is 0 Å². The molecule has 0 atom stereocenters. The number of benzene rings is 1. The summed E-state index contributed by atoms with van der Waals surface area (Å²) < 4.78 is 0. The third-order valence-corrected chi connectivity index (χ3v) is 2.50. The van der Waals surface area contributed by atoms with Gasteiger partial charge in [0, 0.05) is 11.8 Å². The Hall–Kier alpha value is -2.23. The minimum Gasteiger partial charge on any atom is -0.475 e. The fourth-order valence-electron chi connectivity index (χ4n) is 1.53. The first kappa shape index (κ1) is 11.3. The van der Waals surface area contributed by atoms with Crippen molar-refractivity contribution in [1.29, 1.82) is 0 Å². The van der Waals surface area contributed by atoms with Gasteiger partial charge in [0.2, 0.25) is 5.82 Å². The van der Waals surface area contributed by atoms with E-state index >= 15 is 0 Å². The van der Waals surface area contributed by atoms with Crippen LogP contribution >= 0.6 is 0 Å². The molecule has 2 rings (SSSR count). The Bertz CT molecular complexity index is 535. The lowest BCUT2D eigenvalue weighted by Crippen LogP contribution is -2.04. The van der Waals surface area contributed by atoms with E-state index in [1.54, 1.807) is 6.07 Å². The molecule has 1 aromatic carbocycles. The molecule has 1 aromatic heterocycles. The predicted molar refractivity (Wildman–Crippen MR) is 63.8 cm³/mol. The number of aromatic carboxylic acids is 1. The van der Waals surface area contributed by atoms with Crippen LogP contribution in [0.1, 0.15) is 23.1 Å². The molecule has 4 heteroatoms. The molecule has 0 saturated heterocycles. The molecule has 0 fully saturated rings. The molecule has 0 aliphatic rings. The van der Waals surface area contributed by atoms with Crippen molar-refractivity contribution in [1.82, 2.24) is 9.97 Å². The lowest BCUT2D eigenvalue weighted by atomic mass is 10.1. The fraction of sp³-hybridized carbons (Fsp3) is 0.154. The van der Waals surface area contributed by atoms with Gasteiger partial charge in [0.25, 0.3) is 0 Å². The van der Waals surface area contributed by atoms with Crippen LogP contribution in [-0.4, -0.2) is 21.0 Å². The molecular weight excluding hydrogens is 216 g/mol. The Balaban J connectivity index is 2.38. The quantitative estimate of drug-likeness (QED) is 0.876. The van der Waals surface area contributed by atoms with Crippen LogP contribution in [0.25, 0.3) is 11.3 Å². The molecule has 0 amide bonds. The van der Waals surface area contributed by atoms with E-state index in [1.165, 1.54) is 11.8 Å². The summed E-state index contributed by atoms with van der Waals surface area (Å²) in [4.78, 5) is 18.4. The molecule has 0 aliphatic carbocycles. The summed E-state index contributed by atoms with van der Waals surface area (Å²) in [5.74, 6) is -1.29. The number of carboxylic acid groups (broad SMARTS) is 1. The van der Waals surface area contributed by atoms with Crippen molar-refractivity contribution in [3.8, 4) is 11.3 Å². The van der Waals surface area contributed by atoms with Gasteiger partial charge in [-0.3, -0.25) is 0 Å². The van der Waals surface area contributed by atoms with E-state index in [2.05, 4.69) is 16.9 Å². The van der Waals surface area contributed by atoms with Crippen LogP contribution in [0.15, 0.2) is 36.5 Å². The Morgan fingerprint density at radius 1 is 1.24 bits per heavy atom. The molecule has 1 N–H and O–H groups in total. The zero-order valence-corrected chi connectivity index (χ0v) is 9.42. The largest absolute Gasteiger partial charge is 0.475 e. The number of aryl methyl sites for hydroxylation is 1. The van der Waals surface area contributed by atoms with E-state index < -0.39 is 5.97 Å². The number of nitrogens with zero attached hydrogens (tertiary/aromatic N) is 2. The first-order valence-corrected chi connectivity index (χ1v) is 5.36. The van der Waals surface area contributed by atoms with Crippen molar-refractivity contribution < 1.29 is 9.90 Å². The molecule has 0 radical (unpaired) electrons. The molecule has 0 spiro atoms. The third-order valence-electron chi connectivity index (χ3n) is 2.50. The van der Waals surface area contributed by atoms with Crippen LogP contribution in [0.3, 0.4) is 0 Å². The Kier molecular flexibility index (Phi) is 3.14. The van der Waals surface area contributed by atoms with Gasteiger partial charge in [-0.1, -0.05) is 31.2 Å². The van der Waals surface area contributed by atoms with Crippen molar-refractivity contribution in [2.45, 2.75) is 13.3 Å². The SMILES string of the molecule is CCc1ccc(-c2ccnc(C(=O)O)n2)cc1. The second-order valence-corrected chi connectivity index (χ2v) is 3.62. The van der Waals surface area contributed by atoms with Crippen LogP contribution < -0.4 is 0 Å². The fourth-order valence-corrected chi connectivity index (χ4v) is 1.53. The van der Waals surface area contributed by atoms with Crippen molar-refractivity contribution in [3.05, 3.63) is 47.9 Å². The molecule has 0 saturated carbocycles. The summed E-state index contributed by atoms with van der Waals surface area (Å²) in [6, 6.07) is 9.60. The minimum atomic E-state index is -1.11. The smallest absolute Gasteiger partial charge is 0.373 e. The average Bonchev–Trinajstić information content (AvgIpc) is 2.39. The van der Waals surface area contributed by atoms with Gasteiger partial charge in [-0.25, -0.2) is 14.8 Å². The number of aromatic nitrogens is 2. The Morgan fingerprint density at radius 2 is 1.94 bits per heavy atom. The molecule has 0 aliphatic heterocycles. The summed E-state index contributed by atoms with van der Waals surface area (Å²) in [6.45, 7) is 2.09. The Morgan fingerprint density at radius 3 is 2.53 bits per heavy atom. The lowest BCUT2D eigenvalue weighted by Gasteiger charge is -2.02. The highest BCUT2D eigenvalue weighted by Gasteiger charge is 2.07. The van der Waals surface area contributed by atoms with Crippen LogP contribution in [0.2, 0.25) is 0 Å². The van der Waals surface area contributed by atoms with Crippen molar-refractivity contribution in [2.75, 3.05) is 0 Å². The highest BCUT2D eigenvalue weighted by molar-refractivity contribution is 5.83. The van der Waals surface area contributed by atoms with Crippen LogP contribution in [0.4, 0.5) is 0 Å². The van der Waals surface area contributed by atoms with Gasteiger partial charge in [0.15, 0.2) is 0 Å². The highest BCUT2D eigenvalue weighted by Crippen LogP contribution is 2.17. The first-order valence-electron chi connectivity index (χ1n) is 5.36.